The van der Waals surface area contributed by atoms with Crippen LogP contribution >= 0.6 is 0 Å². The summed E-state index contributed by atoms with van der Waals surface area (Å²) in [5.41, 5.74) is 1.34. The maximum absolute atomic E-state index is 13.8. The van der Waals surface area contributed by atoms with Gasteiger partial charge in [0, 0.05) is 12.2 Å². The first-order chi connectivity index (χ1) is 7.20. The van der Waals surface area contributed by atoms with Crippen LogP contribution in [0.1, 0.15) is 24.1 Å². The summed E-state index contributed by atoms with van der Waals surface area (Å²) in [5.74, 6) is -0.142. The van der Waals surface area contributed by atoms with Crippen LogP contribution in [0.25, 0.3) is 0 Å². The van der Waals surface area contributed by atoms with E-state index in [0.717, 1.165) is 0 Å². The van der Waals surface area contributed by atoms with Crippen molar-refractivity contribution in [1.82, 2.24) is 5.32 Å². The fraction of sp³-hybridized carbons (Fsp3) is 0.500. The molecule has 0 aromatic heterocycles. The van der Waals surface area contributed by atoms with E-state index in [0.29, 0.717) is 24.3 Å². The van der Waals surface area contributed by atoms with Gasteiger partial charge < -0.3 is 10.1 Å². The summed E-state index contributed by atoms with van der Waals surface area (Å²) in [6.45, 7) is 4.84. The highest BCUT2D eigenvalue weighted by atomic mass is 19.1. The van der Waals surface area contributed by atoms with Gasteiger partial charge in [0.1, 0.15) is 5.82 Å². The lowest BCUT2D eigenvalue weighted by Crippen LogP contribution is -2.23. The first-order valence-corrected chi connectivity index (χ1v) is 5.20. The first kappa shape index (κ1) is 12.1. The number of halogens is 1. The highest BCUT2D eigenvalue weighted by molar-refractivity contribution is 5.27. The summed E-state index contributed by atoms with van der Waals surface area (Å²) in [5, 5.41) is 3.06. The Balaban J connectivity index is 2.86. The zero-order chi connectivity index (χ0) is 11.3. The minimum atomic E-state index is -0.142. The molecule has 1 aromatic carbocycles. The van der Waals surface area contributed by atoms with Gasteiger partial charge in [-0.15, -0.1) is 0 Å². The van der Waals surface area contributed by atoms with Crippen molar-refractivity contribution >= 4 is 0 Å². The predicted molar refractivity (Wildman–Crippen MR) is 59.4 cm³/mol. The summed E-state index contributed by atoms with van der Waals surface area (Å²) >= 11 is 0. The van der Waals surface area contributed by atoms with Gasteiger partial charge in [0.05, 0.1) is 12.6 Å². The van der Waals surface area contributed by atoms with Gasteiger partial charge in [0.15, 0.2) is 0 Å². The smallest absolute Gasteiger partial charge is 0.130 e. The second-order valence-electron chi connectivity index (χ2n) is 3.48. The molecule has 0 aliphatic rings. The lowest BCUT2D eigenvalue weighted by Gasteiger charge is -2.17. The highest BCUT2D eigenvalue weighted by Crippen LogP contribution is 2.19. The molecule has 2 nitrogen and oxygen atoms in total. The van der Waals surface area contributed by atoms with E-state index in [4.69, 9.17) is 4.74 Å². The van der Waals surface area contributed by atoms with Crippen LogP contribution in [0.4, 0.5) is 4.39 Å². The molecule has 0 amide bonds. The zero-order valence-electron chi connectivity index (χ0n) is 9.51. The largest absolute Gasteiger partial charge is 0.380 e. The average Bonchev–Trinajstić information content (AvgIpc) is 2.25. The van der Waals surface area contributed by atoms with E-state index in [1.165, 1.54) is 0 Å². The topological polar surface area (TPSA) is 21.3 Å². The van der Waals surface area contributed by atoms with Crippen molar-refractivity contribution in [2.45, 2.75) is 19.9 Å². The van der Waals surface area contributed by atoms with Crippen LogP contribution in [-0.2, 0) is 4.74 Å². The quantitative estimate of drug-likeness (QED) is 0.807. The van der Waals surface area contributed by atoms with Crippen molar-refractivity contribution in [3.63, 3.8) is 0 Å². The van der Waals surface area contributed by atoms with Gasteiger partial charge in [-0.3, -0.25) is 0 Å². The van der Waals surface area contributed by atoms with Crippen LogP contribution < -0.4 is 5.32 Å². The Morgan fingerprint density at radius 2 is 2.20 bits per heavy atom. The number of benzene rings is 1. The van der Waals surface area contributed by atoms with Gasteiger partial charge in [-0.2, -0.15) is 0 Å². The first-order valence-electron chi connectivity index (χ1n) is 5.20. The van der Waals surface area contributed by atoms with Crippen LogP contribution in [0, 0.1) is 12.7 Å². The third-order valence-electron chi connectivity index (χ3n) is 2.43. The average molecular weight is 211 g/mol. The molecule has 0 fully saturated rings. The molecule has 1 aromatic rings. The molecule has 0 radical (unpaired) electrons. The molecule has 1 atom stereocenters. The second kappa shape index (κ2) is 5.83. The molecule has 0 aliphatic heterocycles. The Morgan fingerprint density at radius 3 is 2.80 bits per heavy atom. The van der Waals surface area contributed by atoms with Crippen molar-refractivity contribution in [2.75, 3.05) is 20.3 Å². The maximum Gasteiger partial charge on any atom is 0.130 e. The SMILES string of the molecule is CCOCC(NC)c1cccc(C)c1F. The van der Waals surface area contributed by atoms with Crippen LogP contribution in [0.15, 0.2) is 18.2 Å². The molecule has 0 heterocycles. The van der Waals surface area contributed by atoms with E-state index < -0.39 is 0 Å². The molecule has 0 saturated carbocycles. The van der Waals surface area contributed by atoms with Crippen LogP contribution in [-0.4, -0.2) is 20.3 Å². The molecular formula is C12H18FNO. The van der Waals surface area contributed by atoms with Gasteiger partial charge in [0.25, 0.3) is 0 Å². The lowest BCUT2D eigenvalue weighted by molar-refractivity contribution is 0.124. The van der Waals surface area contributed by atoms with Gasteiger partial charge >= 0.3 is 0 Å². The number of nitrogens with one attached hydrogen (secondary N) is 1. The Bertz CT molecular complexity index is 314. The van der Waals surface area contributed by atoms with E-state index in [2.05, 4.69) is 5.32 Å². The molecule has 1 N–H and O–H groups in total. The maximum atomic E-state index is 13.8. The Hall–Kier alpha value is -0.930. The van der Waals surface area contributed by atoms with Crippen molar-refractivity contribution < 1.29 is 9.13 Å². The minimum absolute atomic E-state index is 0.0788. The fourth-order valence-electron chi connectivity index (χ4n) is 1.50. The zero-order valence-corrected chi connectivity index (χ0v) is 9.51. The number of ether oxygens (including phenoxy) is 1. The highest BCUT2D eigenvalue weighted by Gasteiger charge is 2.14. The van der Waals surface area contributed by atoms with Crippen LogP contribution in [0.3, 0.4) is 0 Å². The summed E-state index contributed by atoms with van der Waals surface area (Å²) in [7, 11) is 1.81. The van der Waals surface area contributed by atoms with E-state index >= 15 is 0 Å². The van der Waals surface area contributed by atoms with Crippen molar-refractivity contribution in [3.8, 4) is 0 Å². The number of hydrogen-bond donors (Lipinski definition) is 1. The van der Waals surface area contributed by atoms with E-state index in [9.17, 15) is 4.39 Å². The summed E-state index contributed by atoms with van der Waals surface area (Å²) < 4.78 is 19.1. The number of aryl methyl sites for hydroxylation is 1. The molecule has 0 spiro atoms. The molecule has 84 valence electrons. The van der Waals surface area contributed by atoms with Crippen LogP contribution in [0.5, 0.6) is 0 Å². The Labute approximate surface area is 90.4 Å². The van der Waals surface area contributed by atoms with Crippen LogP contribution in [0.2, 0.25) is 0 Å². The number of likely N-dealkylation sites (N-methyl/N-ethyl adjacent to an activating group) is 1. The lowest BCUT2D eigenvalue weighted by atomic mass is 10.0. The molecule has 0 aliphatic carbocycles. The summed E-state index contributed by atoms with van der Waals surface area (Å²) in [6.07, 6.45) is 0. The Morgan fingerprint density at radius 1 is 1.47 bits per heavy atom. The van der Waals surface area contributed by atoms with E-state index in [-0.39, 0.29) is 11.9 Å². The molecule has 0 bridgehead atoms. The van der Waals surface area contributed by atoms with E-state index in [1.807, 2.05) is 20.0 Å². The van der Waals surface area contributed by atoms with Crippen molar-refractivity contribution in [2.24, 2.45) is 0 Å². The third-order valence-corrected chi connectivity index (χ3v) is 2.43. The standard InChI is InChI=1S/C12H18FNO/c1-4-15-8-11(14-3)10-7-5-6-9(2)12(10)13/h5-7,11,14H,4,8H2,1-3H3. The summed E-state index contributed by atoms with van der Waals surface area (Å²) in [6, 6.07) is 5.35. The molecule has 1 unspecified atom stereocenters. The predicted octanol–water partition coefficient (Wildman–Crippen LogP) is 2.43. The summed E-state index contributed by atoms with van der Waals surface area (Å²) in [4.78, 5) is 0. The molecule has 0 saturated heterocycles. The van der Waals surface area contributed by atoms with E-state index in [1.54, 1.807) is 19.1 Å². The van der Waals surface area contributed by atoms with Crippen molar-refractivity contribution in [1.29, 1.82) is 0 Å². The number of hydrogen-bond acceptors (Lipinski definition) is 2. The third kappa shape index (κ3) is 3.01. The minimum Gasteiger partial charge on any atom is -0.380 e. The monoisotopic (exact) mass is 211 g/mol. The number of rotatable bonds is 5. The molecule has 15 heavy (non-hydrogen) atoms. The van der Waals surface area contributed by atoms with Gasteiger partial charge in [-0.25, -0.2) is 4.39 Å². The van der Waals surface area contributed by atoms with Gasteiger partial charge in [-0.1, -0.05) is 18.2 Å². The normalized spacial score (nSPS) is 12.8. The van der Waals surface area contributed by atoms with Crippen molar-refractivity contribution in [3.05, 3.63) is 35.1 Å². The molecule has 1 rings (SSSR count). The fourth-order valence-corrected chi connectivity index (χ4v) is 1.50. The Kier molecular flexibility index (Phi) is 4.72. The second-order valence-corrected chi connectivity index (χ2v) is 3.48. The van der Waals surface area contributed by atoms with Gasteiger partial charge in [0.2, 0.25) is 0 Å². The molecule has 3 heteroatoms. The van der Waals surface area contributed by atoms with Gasteiger partial charge in [-0.05, 0) is 26.5 Å². The molecular weight excluding hydrogens is 193 g/mol.